The molecule has 0 fully saturated rings. The Bertz CT molecular complexity index is 114. The molecule has 7 heavy (non-hydrogen) atoms. The van der Waals surface area contributed by atoms with Crippen LogP contribution in [0.25, 0.3) is 0 Å². The quantitative estimate of drug-likeness (QED) is 0.324. The van der Waals surface area contributed by atoms with Gasteiger partial charge < -0.3 is 5.43 Å². The summed E-state index contributed by atoms with van der Waals surface area (Å²) >= 11 is 0. The zero-order valence-electron chi connectivity index (χ0n) is 3.89. The number of nitrogens with zero attached hydrogens (tertiary/aromatic N) is 1. The van der Waals surface area contributed by atoms with E-state index in [1.54, 1.807) is 6.20 Å². The molecule has 38 valence electrons. The SMILES string of the molecule is NNC1=NC=CC1. The molecular formula is C4H7N3. The molecule has 0 aromatic rings. The molecule has 3 heteroatoms. The summed E-state index contributed by atoms with van der Waals surface area (Å²) in [4.78, 5) is 3.85. The standard InChI is InChI=1S/C4H7N3/c5-7-4-2-1-3-6-4/h1,3H,2,5H2,(H,6,7). The molecule has 0 aromatic carbocycles. The summed E-state index contributed by atoms with van der Waals surface area (Å²) in [6.07, 6.45) is 4.51. The minimum Gasteiger partial charge on any atom is -0.312 e. The average molecular weight is 97.1 g/mol. The molecule has 0 bridgehead atoms. The van der Waals surface area contributed by atoms with Gasteiger partial charge in [-0.2, -0.15) is 0 Å². The average Bonchev–Trinajstić information content (AvgIpc) is 2.14. The largest absolute Gasteiger partial charge is 0.312 e. The smallest absolute Gasteiger partial charge is 0.119 e. The third-order valence-electron chi connectivity index (χ3n) is 0.814. The molecule has 3 N–H and O–H groups in total. The van der Waals surface area contributed by atoms with Crippen LogP contribution in [0.2, 0.25) is 0 Å². The Morgan fingerprint density at radius 3 is 3.00 bits per heavy atom. The lowest BCUT2D eigenvalue weighted by molar-refractivity contribution is 1.01. The van der Waals surface area contributed by atoms with Gasteiger partial charge >= 0.3 is 0 Å². The number of aliphatic imine (C=N–C) groups is 1. The van der Waals surface area contributed by atoms with Gasteiger partial charge in [0.05, 0.1) is 0 Å². The molecule has 0 atom stereocenters. The monoisotopic (exact) mass is 97.1 g/mol. The van der Waals surface area contributed by atoms with Crippen molar-refractivity contribution in [1.29, 1.82) is 0 Å². The van der Waals surface area contributed by atoms with E-state index in [9.17, 15) is 0 Å². The molecule has 0 saturated heterocycles. The molecule has 0 radical (unpaired) electrons. The molecule has 0 aromatic heterocycles. The highest BCUT2D eigenvalue weighted by Gasteiger charge is 1.93. The zero-order chi connectivity index (χ0) is 5.11. The van der Waals surface area contributed by atoms with Gasteiger partial charge in [-0.05, 0) is 0 Å². The van der Waals surface area contributed by atoms with Gasteiger partial charge in [0.2, 0.25) is 0 Å². The predicted molar refractivity (Wildman–Crippen MR) is 28.5 cm³/mol. The number of hydrogen-bond donors (Lipinski definition) is 2. The minimum absolute atomic E-state index is 0.833. The van der Waals surface area contributed by atoms with Crippen molar-refractivity contribution >= 4 is 5.84 Å². The van der Waals surface area contributed by atoms with E-state index >= 15 is 0 Å². The molecule has 0 aliphatic carbocycles. The molecule has 1 heterocycles. The van der Waals surface area contributed by atoms with Crippen LogP contribution in [0.1, 0.15) is 6.42 Å². The number of nitrogens with one attached hydrogen (secondary N) is 1. The van der Waals surface area contributed by atoms with E-state index in [1.807, 2.05) is 6.08 Å². The molecule has 0 spiro atoms. The maximum atomic E-state index is 5.01. The first-order valence-electron chi connectivity index (χ1n) is 2.12. The normalized spacial score (nSPS) is 17.0. The molecule has 1 aliphatic heterocycles. The predicted octanol–water partition coefficient (Wildman–Crippen LogP) is -0.234. The van der Waals surface area contributed by atoms with Gasteiger partial charge in [-0.15, -0.1) is 0 Å². The minimum atomic E-state index is 0.833. The van der Waals surface area contributed by atoms with Crippen molar-refractivity contribution in [3.63, 3.8) is 0 Å². The lowest BCUT2D eigenvalue weighted by Crippen LogP contribution is -2.28. The Hall–Kier alpha value is -0.830. The first-order valence-corrected chi connectivity index (χ1v) is 2.12. The van der Waals surface area contributed by atoms with Gasteiger partial charge in [0.25, 0.3) is 0 Å². The summed E-state index contributed by atoms with van der Waals surface area (Å²) in [5.41, 5.74) is 2.45. The highest BCUT2D eigenvalue weighted by atomic mass is 15.2. The van der Waals surface area contributed by atoms with Gasteiger partial charge in [-0.3, -0.25) is 0 Å². The van der Waals surface area contributed by atoms with E-state index in [0.29, 0.717) is 0 Å². The number of rotatable bonds is 0. The zero-order valence-corrected chi connectivity index (χ0v) is 3.89. The van der Waals surface area contributed by atoms with Gasteiger partial charge in [0, 0.05) is 12.6 Å². The Morgan fingerprint density at radius 2 is 2.71 bits per heavy atom. The Balaban J connectivity index is 2.45. The van der Waals surface area contributed by atoms with Crippen LogP contribution in [0.15, 0.2) is 17.3 Å². The molecule has 0 unspecified atom stereocenters. The fourth-order valence-electron chi connectivity index (χ4n) is 0.456. The number of hydrogen-bond acceptors (Lipinski definition) is 3. The van der Waals surface area contributed by atoms with Crippen molar-refractivity contribution in [2.45, 2.75) is 6.42 Å². The Kier molecular flexibility index (Phi) is 1.08. The maximum absolute atomic E-state index is 5.01. The van der Waals surface area contributed by atoms with Crippen molar-refractivity contribution in [3.05, 3.63) is 12.3 Å². The molecule has 0 amide bonds. The van der Waals surface area contributed by atoms with Crippen LogP contribution in [0.4, 0.5) is 0 Å². The molecule has 1 rings (SSSR count). The summed E-state index contributed by atoms with van der Waals surface area (Å²) in [5, 5.41) is 0. The second-order valence-electron chi connectivity index (χ2n) is 1.31. The second kappa shape index (κ2) is 1.75. The summed E-state index contributed by atoms with van der Waals surface area (Å²) in [6, 6.07) is 0. The van der Waals surface area contributed by atoms with E-state index in [4.69, 9.17) is 5.84 Å². The van der Waals surface area contributed by atoms with Crippen LogP contribution in [-0.2, 0) is 0 Å². The van der Waals surface area contributed by atoms with Crippen molar-refractivity contribution in [1.82, 2.24) is 5.43 Å². The molecule has 3 nitrogen and oxygen atoms in total. The van der Waals surface area contributed by atoms with Crippen LogP contribution >= 0.6 is 0 Å². The van der Waals surface area contributed by atoms with Crippen molar-refractivity contribution < 1.29 is 0 Å². The van der Waals surface area contributed by atoms with Crippen molar-refractivity contribution in [2.75, 3.05) is 0 Å². The summed E-state index contributed by atoms with van der Waals surface area (Å²) < 4.78 is 0. The third kappa shape index (κ3) is 0.778. The van der Waals surface area contributed by atoms with Gasteiger partial charge in [-0.1, -0.05) is 6.08 Å². The van der Waals surface area contributed by atoms with Crippen LogP contribution in [0, 0.1) is 0 Å². The third-order valence-corrected chi connectivity index (χ3v) is 0.814. The van der Waals surface area contributed by atoms with Crippen molar-refractivity contribution in [3.8, 4) is 0 Å². The lowest BCUT2D eigenvalue weighted by Gasteiger charge is -1.91. The van der Waals surface area contributed by atoms with E-state index in [0.717, 1.165) is 12.3 Å². The van der Waals surface area contributed by atoms with E-state index in [1.165, 1.54) is 0 Å². The van der Waals surface area contributed by atoms with Crippen LogP contribution in [-0.4, -0.2) is 5.84 Å². The summed E-state index contributed by atoms with van der Waals surface area (Å²) in [6.45, 7) is 0. The van der Waals surface area contributed by atoms with E-state index in [2.05, 4.69) is 10.4 Å². The van der Waals surface area contributed by atoms with Gasteiger partial charge in [-0.25, -0.2) is 10.8 Å². The molecule has 0 saturated carbocycles. The lowest BCUT2D eigenvalue weighted by atomic mass is 10.4. The van der Waals surface area contributed by atoms with Crippen LogP contribution < -0.4 is 11.3 Å². The van der Waals surface area contributed by atoms with Crippen molar-refractivity contribution in [2.24, 2.45) is 10.8 Å². The first-order chi connectivity index (χ1) is 3.43. The molecular weight excluding hydrogens is 90.1 g/mol. The highest BCUT2D eigenvalue weighted by molar-refractivity contribution is 5.85. The number of hydrazine groups is 1. The van der Waals surface area contributed by atoms with E-state index < -0.39 is 0 Å². The van der Waals surface area contributed by atoms with Gasteiger partial charge in [0.1, 0.15) is 5.84 Å². The van der Waals surface area contributed by atoms with Gasteiger partial charge in [0.15, 0.2) is 0 Å². The highest BCUT2D eigenvalue weighted by Crippen LogP contribution is 1.93. The Labute approximate surface area is 41.9 Å². The second-order valence-corrected chi connectivity index (χ2v) is 1.31. The van der Waals surface area contributed by atoms with Crippen LogP contribution in [0.3, 0.4) is 0 Å². The number of amidine groups is 1. The van der Waals surface area contributed by atoms with E-state index in [-0.39, 0.29) is 0 Å². The Morgan fingerprint density at radius 1 is 1.86 bits per heavy atom. The van der Waals surface area contributed by atoms with Crippen LogP contribution in [0.5, 0.6) is 0 Å². The topological polar surface area (TPSA) is 50.4 Å². The maximum Gasteiger partial charge on any atom is 0.119 e. The molecule has 1 aliphatic rings. The fourth-order valence-corrected chi connectivity index (χ4v) is 0.456. The first kappa shape index (κ1) is 4.33. The number of nitrogens with two attached hydrogens (primary N) is 1. The fraction of sp³-hybridized carbons (Fsp3) is 0.250. The summed E-state index contributed by atoms with van der Waals surface area (Å²) in [5.74, 6) is 5.85. The summed E-state index contributed by atoms with van der Waals surface area (Å²) in [7, 11) is 0.